The van der Waals surface area contributed by atoms with Crippen LogP contribution in [-0.4, -0.2) is 30.1 Å². The number of rotatable bonds is 7. The Labute approximate surface area is 102 Å². The van der Waals surface area contributed by atoms with Gasteiger partial charge in [0.25, 0.3) is 0 Å². The van der Waals surface area contributed by atoms with Crippen LogP contribution in [0.2, 0.25) is 0 Å². The molecule has 0 amide bonds. The molecule has 0 radical (unpaired) electrons. The van der Waals surface area contributed by atoms with E-state index in [-0.39, 0.29) is 6.61 Å². The highest BCUT2D eigenvalue weighted by Gasteiger charge is 2.06. The first-order chi connectivity index (χ1) is 7.76. The smallest absolute Gasteiger partial charge is 0.0446 e. The molecule has 16 heavy (non-hydrogen) atoms. The molecular weight excluding hydrogens is 218 g/mol. The standard InChI is InChI=1S/C13H21NOS/c1-3-14-12(7-8-15)10-16-13-6-4-5-11(2)9-13/h4-6,9,12,14-15H,3,7-8,10H2,1-2H3. The van der Waals surface area contributed by atoms with Crippen LogP contribution in [-0.2, 0) is 0 Å². The maximum absolute atomic E-state index is 8.96. The van der Waals surface area contributed by atoms with Crippen LogP contribution in [0.1, 0.15) is 18.9 Å². The van der Waals surface area contributed by atoms with Crippen molar-refractivity contribution >= 4 is 11.8 Å². The first kappa shape index (κ1) is 13.6. The van der Waals surface area contributed by atoms with Crippen LogP contribution >= 0.6 is 11.8 Å². The zero-order valence-corrected chi connectivity index (χ0v) is 10.9. The van der Waals surface area contributed by atoms with Gasteiger partial charge in [0.05, 0.1) is 0 Å². The van der Waals surface area contributed by atoms with Crippen molar-refractivity contribution < 1.29 is 5.11 Å². The average molecular weight is 239 g/mol. The molecule has 0 heterocycles. The van der Waals surface area contributed by atoms with Crippen LogP contribution in [0.5, 0.6) is 0 Å². The first-order valence-corrected chi connectivity index (χ1v) is 6.78. The maximum atomic E-state index is 8.96. The number of aliphatic hydroxyl groups is 1. The molecule has 0 saturated carbocycles. The van der Waals surface area contributed by atoms with Crippen LogP contribution in [0.3, 0.4) is 0 Å². The molecule has 0 bridgehead atoms. The molecule has 1 atom stereocenters. The highest BCUT2D eigenvalue weighted by molar-refractivity contribution is 7.99. The van der Waals surface area contributed by atoms with Gasteiger partial charge in [-0.2, -0.15) is 0 Å². The van der Waals surface area contributed by atoms with Crippen molar-refractivity contribution in [2.24, 2.45) is 0 Å². The fraction of sp³-hybridized carbons (Fsp3) is 0.538. The average Bonchev–Trinajstić information content (AvgIpc) is 2.27. The normalized spacial score (nSPS) is 12.7. The quantitative estimate of drug-likeness (QED) is 0.717. The number of benzene rings is 1. The molecule has 0 fully saturated rings. The third kappa shape index (κ3) is 5.01. The zero-order chi connectivity index (χ0) is 11.8. The van der Waals surface area contributed by atoms with Crippen LogP contribution in [0.25, 0.3) is 0 Å². The second-order valence-corrected chi connectivity index (χ2v) is 4.99. The molecule has 0 aromatic heterocycles. The summed E-state index contributed by atoms with van der Waals surface area (Å²) >= 11 is 1.85. The molecule has 0 aliphatic rings. The molecule has 90 valence electrons. The molecule has 0 aliphatic heterocycles. The molecule has 1 rings (SSSR count). The third-order valence-electron chi connectivity index (χ3n) is 2.41. The second kappa shape index (κ2) is 7.71. The summed E-state index contributed by atoms with van der Waals surface area (Å²) < 4.78 is 0. The van der Waals surface area contributed by atoms with Gasteiger partial charge in [0.1, 0.15) is 0 Å². The number of nitrogens with one attached hydrogen (secondary N) is 1. The van der Waals surface area contributed by atoms with Crippen molar-refractivity contribution in [3.8, 4) is 0 Å². The van der Waals surface area contributed by atoms with E-state index in [1.165, 1.54) is 10.5 Å². The zero-order valence-electron chi connectivity index (χ0n) is 10.1. The Morgan fingerprint density at radius 2 is 2.25 bits per heavy atom. The predicted molar refractivity (Wildman–Crippen MR) is 71.1 cm³/mol. The van der Waals surface area contributed by atoms with Gasteiger partial charge in [0, 0.05) is 23.3 Å². The van der Waals surface area contributed by atoms with E-state index < -0.39 is 0 Å². The van der Waals surface area contributed by atoms with Crippen molar-refractivity contribution in [2.75, 3.05) is 18.9 Å². The molecule has 2 N–H and O–H groups in total. The van der Waals surface area contributed by atoms with Gasteiger partial charge in [0.2, 0.25) is 0 Å². The summed E-state index contributed by atoms with van der Waals surface area (Å²) in [5.41, 5.74) is 1.30. The molecule has 0 aliphatic carbocycles. The van der Waals surface area contributed by atoms with Crippen LogP contribution in [0, 0.1) is 6.92 Å². The van der Waals surface area contributed by atoms with Crippen LogP contribution < -0.4 is 5.32 Å². The minimum atomic E-state index is 0.256. The Balaban J connectivity index is 2.41. The van der Waals surface area contributed by atoms with Crippen LogP contribution in [0.4, 0.5) is 0 Å². The number of hydrogen-bond acceptors (Lipinski definition) is 3. The van der Waals surface area contributed by atoms with Crippen molar-refractivity contribution in [1.82, 2.24) is 5.32 Å². The second-order valence-electron chi connectivity index (χ2n) is 3.89. The maximum Gasteiger partial charge on any atom is 0.0446 e. The molecule has 0 saturated heterocycles. The predicted octanol–water partition coefficient (Wildman–Crippen LogP) is 2.45. The van der Waals surface area contributed by atoms with Gasteiger partial charge in [0.15, 0.2) is 0 Å². The lowest BCUT2D eigenvalue weighted by molar-refractivity contribution is 0.271. The highest BCUT2D eigenvalue weighted by atomic mass is 32.2. The van der Waals surface area contributed by atoms with E-state index in [2.05, 4.69) is 43.4 Å². The lowest BCUT2D eigenvalue weighted by atomic mass is 10.2. The highest BCUT2D eigenvalue weighted by Crippen LogP contribution is 2.20. The molecule has 1 aromatic rings. The summed E-state index contributed by atoms with van der Waals surface area (Å²) in [6.07, 6.45) is 0.826. The van der Waals surface area contributed by atoms with E-state index in [0.717, 1.165) is 18.7 Å². The van der Waals surface area contributed by atoms with Gasteiger partial charge in [-0.15, -0.1) is 11.8 Å². The van der Waals surface area contributed by atoms with E-state index >= 15 is 0 Å². The van der Waals surface area contributed by atoms with Crippen molar-refractivity contribution in [2.45, 2.75) is 31.2 Å². The summed E-state index contributed by atoms with van der Waals surface area (Å²) in [6.45, 7) is 5.42. The van der Waals surface area contributed by atoms with Crippen molar-refractivity contribution in [1.29, 1.82) is 0 Å². The van der Waals surface area contributed by atoms with E-state index in [9.17, 15) is 0 Å². The topological polar surface area (TPSA) is 32.3 Å². The molecular formula is C13H21NOS. The van der Waals surface area contributed by atoms with E-state index in [1.54, 1.807) is 0 Å². The lowest BCUT2D eigenvalue weighted by Crippen LogP contribution is -2.31. The van der Waals surface area contributed by atoms with Gasteiger partial charge in [-0.1, -0.05) is 24.6 Å². The number of hydrogen-bond donors (Lipinski definition) is 2. The van der Waals surface area contributed by atoms with Crippen molar-refractivity contribution in [3.05, 3.63) is 29.8 Å². The molecule has 1 aromatic carbocycles. The largest absolute Gasteiger partial charge is 0.396 e. The van der Waals surface area contributed by atoms with Crippen molar-refractivity contribution in [3.63, 3.8) is 0 Å². The molecule has 2 nitrogen and oxygen atoms in total. The van der Waals surface area contributed by atoms with E-state index in [4.69, 9.17) is 5.11 Å². The summed E-state index contributed by atoms with van der Waals surface area (Å²) in [6, 6.07) is 8.94. The number of aryl methyl sites for hydroxylation is 1. The fourth-order valence-corrected chi connectivity index (χ4v) is 2.71. The van der Waals surface area contributed by atoms with Gasteiger partial charge in [-0.3, -0.25) is 0 Å². The molecule has 3 heteroatoms. The van der Waals surface area contributed by atoms with E-state index in [0.29, 0.717) is 6.04 Å². The monoisotopic (exact) mass is 239 g/mol. The van der Waals surface area contributed by atoms with Gasteiger partial charge < -0.3 is 10.4 Å². The van der Waals surface area contributed by atoms with Gasteiger partial charge in [-0.05, 0) is 32.0 Å². The summed E-state index contributed by atoms with van der Waals surface area (Å²) in [4.78, 5) is 1.31. The summed E-state index contributed by atoms with van der Waals surface area (Å²) in [5.74, 6) is 1.01. The number of aliphatic hydroxyl groups excluding tert-OH is 1. The Kier molecular flexibility index (Phi) is 6.53. The summed E-state index contributed by atoms with van der Waals surface area (Å²) in [7, 11) is 0. The Morgan fingerprint density at radius 3 is 2.88 bits per heavy atom. The molecule has 1 unspecified atom stereocenters. The van der Waals surface area contributed by atoms with Gasteiger partial charge in [-0.25, -0.2) is 0 Å². The first-order valence-electron chi connectivity index (χ1n) is 5.80. The minimum absolute atomic E-state index is 0.256. The SMILES string of the molecule is CCNC(CCO)CSc1cccc(C)c1. The minimum Gasteiger partial charge on any atom is -0.396 e. The fourth-order valence-electron chi connectivity index (χ4n) is 1.59. The lowest BCUT2D eigenvalue weighted by Gasteiger charge is -2.16. The van der Waals surface area contributed by atoms with Gasteiger partial charge >= 0.3 is 0 Å². The van der Waals surface area contributed by atoms with E-state index in [1.807, 2.05) is 11.8 Å². The Hall–Kier alpha value is -0.510. The third-order valence-corrected chi connectivity index (χ3v) is 3.57. The Morgan fingerprint density at radius 1 is 1.44 bits per heavy atom. The van der Waals surface area contributed by atoms with Crippen LogP contribution in [0.15, 0.2) is 29.2 Å². The summed E-state index contributed by atoms with van der Waals surface area (Å²) in [5, 5.41) is 12.3. The number of thioether (sulfide) groups is 1. The Bertz CT molecular complexity index is 298. The molecule has 0 spiro atoms.